The molecule has 8 aromatic rings. The van der Waals surface area contributed by atoms with Crippen LogP contribution in [-0.4, -0.2) is 25.4 Å². The summed E-state index contributed by atoms with van der Waals surface area (Å²) < 4.78 is 12.8. The zero-order valence-corrected chi connectivity index (χ0v) is 34.2. The maximum atomic E-state index is 5.92. The fraction of sp³-hybridized carbons (Fsp3) is 0.190. The zero-order valence-electron chi connectivity index (χ0n) is 29.9. The van der Waals surface area contributed by atoms with Crippen LogP contribution in [0, 0.1) is 13.8 Å². The number of para-hydroxylation sites is 2. The molecule has 0 spiro atoms. The van der Waals surface area contributed by atoms with Crippen molar-refractivity contribution in [1.29, 1.82) is 0 Å². The van der Waals surface area contributed by atoms with Crippen LogP contribution in [0.5, 0.6) is 0 Å². The number of hydrogen-bond acceptors (Lipinski definition) is 4. The van der Waals surface area contributed by atoms with E-state index in [0.29, 0.717) is 0 Å². The molecule has 0 bridgehead atoms. The molecule has 0 atom stereocenters. The van der Waals surface area contributed by atoms with E-state index >= 15 is 0 Å². The molecule has 0 aliphatic carbocycles. The summed E-state index contributed by atoms with van der Waals surface area (Å²) in [5, 5.41) is 6.01. The molecular formula is C42H42BrClN2O2Si2. The van der Waals surface area contributed by atoms with E-state index < -0.39 is 15.5 Å². The summed E-state index contributed by atoms with van der Waals surface area (Å²) in [5.74, 6) is 0. The highest BCUT2D eigenvalue weighted by Crippen LogP contribution is 2.33. The molecule has 4 heterocycles. The minimum Gasteiger partial charge on any atom is -0.456 e. The number of rotatable bonds is 3. The Bertz CT molecular complexity index is 2470. The number of aryl methyl sites for hydroxylation is 2. The maximum absolute atomic E-state index is 5.92. The fourth-order valence-corrected chi connectivity index (χ4v) is 7.89. The van der Waals surface area contributed by atoms with E-state index in [0.717, 1.165) is 70.9 Å². The third kappa shape index (κ3) is 8.13. The van der Waals surface area contributed by atoms with Crippen LogP contribution in [0.25, 0.3) is 66.4 Å². The van der Waals surface area contributed by atoms with Crippen molar-refractivity contribution < 1.29 is 8.83 Å². The minimum atomic E-state index is -1.35. The second-order valence-electron chi connectivity index (χ2n) is 14.6. The SMILES string of the molecule is C[Si](C)(C)Cl.Cc1cc(-c2ccc3oc4ccccc4c3c2)ncc1Br.Cc1cc(-c2ccc3oc4ccccc4c3c2)ncc1[Si](C)(C)C. The number of hydrogen-bond donors (Lipinski definition) is 0. The third-order valence-corrected chi connectivity index (χ3v) is 11.3. The second kappa shape index (κ2) is 14.3. The molecule has 0 unspecified atom stereocenters. The summed E-state index contributed by atoms with van der Waals surface area (Å²) in [6, 6.07) is 33.2. The smallest absolute Gasteiger partial charge is 0.147 e. The second-order valence-corrected chi connectivity index (χ2v) is 28.1. The molecule has 8 heteroatoms. The molecule has 0 radical (unpaired) electrons. The van der Waals surface area contributed by atoms with Gasteiger partial charge in [0.1, 0.15) is 29.7 Å². The molecule has 4 aromatic carbocycles. The highest BCUT2D eigenvalue weighted by atomic mass is 79.9. The van der Waals surface area contributed by atoms with E-state index in [-0.39, 0.29) is 0 Å². The standard InChI is InChI=1S/C21H21NOSi.C18H12BrNO.C3H9ClSi/c1-14-11-18(22-13-21(14)24(2,3)4)15-9-10-20-17(12-15)16-7-5-6-8-19(16)23-20;1-11-8-16(20-10-15(11)19)12-6-7-18-14(9-12)13-4-2-3-5-17(13)21-18;1-5(2,3)4/h5-13H,1-4H3;2-10H,1H3;1-3H3. The zero-order chi connectivity index (χ0) is 35.8. The lowest BCUT2D eigenvalue weighted by Gasteiger charge is -2.19. The molecular weight excluding hydrogens is 736 g/mol. The molecule has 0 amide bonds. The Hall–Kier alpha value is -4.02. The van der Waals surface area contributed by atoms with Crippen LogP contribution in [0.4, 0.5) is 0 Å². The summed E-state index contributed by atoms with van der Waals surface area (Å²) in [6.45, 7) is 17.6. The topological polar surface area (TPSA) is 52.1 Å². The Morgan fingerprint density at radius 2 is 0.960 bits per heavy atom. The summed E-state index contributed by atoms with van der Waals surface area (Å²) >= 11 is 9.16. The van der Waals surface area contributed by atoms with Gasteiger partial charge in [0.15, 0.2) is 0 Å². The Balaban J connectivity index is 0.000000154. The molecule has 8 rings (SSSR count). The van der Waals surface area contributed by atoms with Crippen molar-refractivity contribution in [3.05, 3.63) is 125 Å². The molecule has 0 saturated carbocycles. The highest BCUT2D eigenvalue weighted by molar-refractivity contribution is 9.10. The van der Waals surface area contributed by atoms with Crippen LogP contribution in [0.15, 0.2) is 123 Å². The first-order valence-electron chi connectivity index (χ1n) is 16.8. The normalized spacial score (nSPS) is 11.8. The van der Waals surface area contributed by atoms with E-state index in [9.17, 15) is 0 Å². The van der Waals surface area contributed by atoms with Gasteiger partial charge in [-0.3, -0.25) is 9.97 Å². The van der Waals surface area contributed by atoms with E-state index in [4.69, 9.17) is 24.9 Å². The number of furan rings is 2. The van der Waals surface area contributed by atoms with Crippen LogP contribution >= 0.6 is 27.0 Å². The van der Waals surface area contributed by atoms with Gasteiger partial charge >= 0.3 is 0 Å². The Morgan fingerprint density at radius 1 is 0.540 bits per heavy atom. The van der Waals surface area contributed by atoms with Crippen molar-refractivity contribution in [3.8, 4) is 22.5 Å². The monoisotopic (exact) mass is 776 g/mol. The van der Waals surface area contributed by atoms with Crippen molar-refractivity contribution in [2.45, 2.75) is 53.1 Å². The molecule has 50 heavy (non-hydrogen) atoms. The summed E-state index contributed by atoms with van der Waals surface area (Å²) in [5.41, 5.74) is 10.5. The number of pyridine rings is 2. The quantitative estimate of drug-likeness (QED) is 0.132. The molecule has 0 N–H and O–H groups in total. The average Bonchev–Trinajstić information content (AvgIpc) is 3.62. The van der Waals surface area contributed by atoms with Gasteiger partial charge in [-0.2, -0.15) is 11.1 Å². The lowest BCUT2D eigenvalue weighted by molar-refractivity contribution is 0.668. The van der Waals surface area contributed by atoms with Gasteiger partial charge in [0.05, 0.1) is 19.5 Å². The van der Waals surface area contributed by atoms with Crippen molar-refractivity contribution in [2.75, 3.05) is 0 Å². The van der Waals surface area contributed by atoms with E-state index in [1.807, 2.05) is 48.7 Å². The van der Waals surface area contributed by atoms with E-state index in [1.54, 1.807) is 0 Å². The summed E-state index contributed by atoms with van der Waals surface area (Å²) in [6.07, 6.45) is 3.93. The number of halogens is 2. The van der Waals surface area contributed by atoms with Crippen molar-refractivity contribution in [1.82, 2.24) is 9.97 Å². The van der Waals surface area contributed by atoms with Gasteiger partial charge in [0, 0.05) is 49.5 Å². The lowest BCUT2D eigenvalue weighted by atomic mass is 10.1. The molecule has 0 saturated heterocycles. The molecule has 254 valence electrons. The van der Waals surface area contributed by atoms with Gasteiger partial charge < -0.3 is 8.83 Å². The molecule has 4 aromatic heterocycles. The first kappa shape index (κ1) is 35.8. The molecule has 0 aliphatic rings. The van der Waals surface area contributed by atoms with E-state index in [1.165, 1.54) is 16.3 Å². The van der Waals surface area contributed by atoms with Crippen LogP contribution in [0.1, 0.15) is 11.1 Å². The Morgan fingerprint density at radius 3 is 1.40 bits per heavy atom. The van der Waals surface area contributed by atoms with Crippen LogP contribution in [0.3, 0.4) is 0 Å². The van der Waals surface area contributed by atoms with Gasteiger partial charge in [0.2, 0.25) is 0 Å². The van der Waals surface area contributed by atoms with Gasteiger partial charge in [-0.05, 0) is 107 Å². The average molecular weight is 778 g/mol. The third-order valence-electron chi connectivity index (χ3n) is 8.31. The Kier molecular flexibility index (Phi) is 10.2. The number of fused-ring (bicyclic) bond motifs is 6. The van der Waals surface area contributed by atoms with Gasteiger partial charge in [-0.15, -0.1) is 0 Å². The largest absolute Gasteiger partial charge is 0.456 e. The van der Waals surface area contributed by atoms with Gasteiger partial charge in [-0.1, -0.05) is 75.7 Å². The summed E-state index contributed by atoms with van der Waals surface area (Å²) in [7, 11) is -2.49. The van der Waals surface area contributed by atoms with Gasteiger partial charge in [-0.25, -0.2) is 0 Å². The van der Waals surface area contributed by atoms with Crippen molar-refractivity contribution >= 4 is 91.5 Å². The Labute approximate surface area is 309 Å². The molecule has 4 nitrogen and oxygen atoms in total. The van der Waals surface area contributed by atoms with E-state index in [2.05, 4.69) is 135 Å². The van der Waals surface area contributed by atoms with Crippen molar-refractivity contribution in [3.63, 3.8) is 0 Å². The number of aromatic nitrogens is 2. The lowest BCUT2D eigenvalue weighted by Crippen LogP contribution is -2.39. The first-order chi connectivity index (χ1) is 23.7. The summed E-state index contributed by atoms with van der Waals surface area (Å²) in [4.78, 5) is 9.25. The predicted molar refractivity (Wildman–Crippen MR) is 223 cm³/mol. The predicted octanol–water partition coefficient (Wildman–Crippen LogP) is 13.3. The first-order valence-corrected chi connectivity index (χ1v) is 25.6. The molecule has 0 aliphatic heterocycles. The number of benzene rings is 4. The highest BCUT2D eigenvalue weighted by Gasteiger charge is 2.20. The van der Waals surface area contributed by atoms with Crippen LogP contribution < -0.4 is 5.19 Å². The van der Waals surface area contributed by atoms with Gasteiger partial charge in [0.25, 0.3) is 0 Å². The number of nitrogens with zero attached hydrogens (tertiary/aromatic N) is 2. The minimum absolute atomic E-state index is 0.911. The molecule has 0 fully saturated rings. The fourth-order valence-electron chi connectivity index (χ4n) is 5.97. The van der Waals surface area contributed by atoms with Crippen molar-refractivity contribution in [2.24, 2.45) is 0 Å². The van der Waals surface area contributed by atoms with Crippen LogP contribution in [-0.2, 0) is 0 Å². The van der Waals surface area contributed by atoms with Crippen LogP contribution in [0.2, 0.25) is 39.3 Å². The maximum Gasteiger partial charge on any atom is 0.147 e.